The molecule has 6 nitrogen and oxygen atoms in total. The van der Waals surface area contributed by atoms with Gasteiger partial charge in [0.05, 0.1) is 23.0 Å². The summed E-state index contributed by atoms with van der Waals surface area (Å²) in [5, 5.41) is 4.14. The Morgan fingerprint density at radius 3 is 2.75 bits per heavy atom. The first kappa shape index (κ1) is 16.1. The number of benzene rings is 1. The van der Waals surface area contributed by atoms with Gasteiger partial charge < -0.3 is 14.8 Å². The summed E-state index contributed by atoms with van der Waals surface area (Å²) in [6, 6.07) is 10.7. The lowest BCUT2D eigenvalue weighted by Crippen LogP contribution is -2.56. The van der Waals surface area contributed by atoms with Crippen LogP contribution in [0, 0.1) is 0 Å². The van der Waals surface area contributed by atoms with Crippen LogP contribution >= 0.6 is 11.3 Å². The van der Waals surface area contributed by atoms with Crippen LogP contribution in [0.3, 0.4) is 0 Å². The number of nitrogens with one attached hydrogen (secondary N) is 1. The number of fused-ring (bicyclic) bond motifs is 4. The van der Waals surface area contributed by atoms with E-state index in [2.05, 4.69) is 36.9 Å². The van der Waals surface area contributed by atoms with Gasteiger partial charge in [-0.2, -0.15) is 0 Å². The molecule has 0 unspecified atom stereocenters. The predicted molar refractivity (Wildman–Crippen MR) is 111 cm³/mol. The van der Waals surface area contributed by atoms with Crippen LogP contribution in [-0.4, -0.2) is 50.9 Å². The molecule has 2 saturated heterocycles. The van der Waals surface area contributed by atoms with Gasteiger partial charge in [-0.1, -0.05) is 18.2 Å². The molecule has 2 fully saturated rings. The molecular formula is C21H19N5OS. The summed E-state index contributed by atoms with van der Waals surface area (Å²) in [5.74, 6) is 1.15. The van der Waals surface area contributed by atoms with E-state index in [1.165, 1.54) is 4.70 Å². The van der Waals surface area contributed by atoms with E-state index in [0.717, 1.165) is 53.7 Å². The number of hydrogen-bond donors (Lipinski definition) is 1. The Bertz CT molecular complexity index is 1180. The molecule has 0 spiro atoms. The SMILES string of the molecule is O=C(c1csc2ccccc12)N1[C@H]2CC[C@H]1CN(c1ncnc3[nH]ccc13)C2. The summed E-state index contributed by atoms with van der Waals surface area (Å²) in [6.45, 7) is 1.64. The van der Waals surface area contributed by atoms with Crippen LogP contribution in [-0.2, 0) is 0 Å². The number of nitrogens with zero attached hydrogens (tertiary/aromatic N) is 4. The predicted octanol–water partition coefficient (Wildman–Crippen LogP) is 3.67. The molecule has 140 valence electrons. The van der Waals surface area contributed by atoms with Gasteiger partial charge in [0.2, 0.25) is 0 Å². The Balaban J connectivity index is 1.32. The molecule has 7 heteroatoms. The van der Waals surface area contributed by atoms with Gasteiger partial charge in [-0.15, -0.1) is 11.3 Å². The lowest BCUT2D eigenvalue weighted by atomic mass is 10.1. The van der Waals surface area contributed by atoms with Gasteiger partial charge >= 0.3 is 0 Å². The quantitative estimate of drug-likeness (QED) is 0.568. The van der Waals surface area contributed by atoms with Crippen LogP contribution < -0.4 is 4.90 Å². The van der Waals surface area contributed by atoms with Crippen LogP contribution in [0.25, 0.3) is 21.1 Å². The first-order chi connectivity index (χ1) is 13.8. The Morgan fingerprint density at radius 2 is 1.89 bits per heavy atom. The molecule has 1 amide bonds. The number of aromatic amines is 1. The van der Waals surface area contributed by atoms with Crippen LogP contribution in [0.15, 0.2) is 48.2 Å². The summed E-state index contributed by atoms with van der Waals surface area (Å²) < 4.78 is 1.17. The lowest BCUT2D eigenvalue weighted by Gasteiger charge is -2.41. The average Bonchev–Trinajstić information content (AvgIpc) is 3.43. The Morgan fingerprint density at radius 1 is 1.07 bits per heavy atom. The van der Waals surface area contributed by atoms with E-state index in [1.807, 2.05) is 29.8 Å². The standard InChI is InChI=1S/C21H19N5OS/c27-21(17-11-28-18-4-2-1-3-15(17)18)26-13-5-6-14(26)10-25(9-13)20-16-7-8-22-19(16)23-12-24-20/h1-4,7-8,11-14H,5-6,9-10H2,(H,22,23,24)/t13-,14-/m0/s1. The van der Waals surface area contributed by atoms with Gasteiger partial charge in [0.25, 0.3) is 5.91 Å². The van der Waals surface area contributed by atoms with Crippen LogP contribution in [0.4, 0.5) is 5.82 Å². The van der Waals surface area contributed by atoms with Crippen molar-refractivity contribution >= 4 is 44.2 Å². The van der Waals surface area contributed by atoms with Crippen molar-refractivity contribution < 1.29 is 4.79 Å². The third-order valence-corrected chi connectivity index (χ3v) is 7.02. The molecule has 1 aromatic carbocycles. The van der Waals surface area contributed by atoms with Gasteiger partial charge in [-0.3, -0.25) is 4.79 Å². The Labute approximate surface area is 165 Å². The van der Waals surface area contributed by atoms with Gasteiger partial charge in [0.15, 0.2) is 0 Å². The summed E-state index contributed by atoms with van der Waals surface area (Å²) in [5.41, 5.74) is 1.71. The van der Waals surface area contributed by atoms with Crippen molar-refractivity contribution in [2.45, 2.75) is 24.9 Å². The van der Waals surface area contributed by atoms with Crippen LogP contribution in [0.2, 0.25) is 0 Å². The number of anilines is 1. The molecule has 3 aromatic heterocycles. The molecular weight excluding hydrogens is 370 g/mol. The fraction of sp³-hybridized carbons (Fsp3) is 0.286. The fourth-order valence-electron chi connectivity index (χ4n) is 4.80. The van der Waals surface area contributed by atoms with E-state index in [4.69, 9.17) is 0 Å². The normalized spacial score (nSPS) is 21.7. The number of aromatic nitrogens is 3. The van der Waals surface area contributed by atoms with Crippen molar-refractivity contribution in [1.29, 1.82) is 0 Å². The molecule has 4 aromatic rings. The first-order valence-electron chi connectivity index (χ1n) is 9.61. The van der Waals surface area contributed by atoms with Gasteiger partial charge in [-0.25, -0.2) is 9.97 Å². The minimum atomic E-state index is 0.180. The van der Waals surface area contributed by atoms with Crippen LogP contribution in [0.5, 0.6) is 0 Å². The monoisotopic (exact) mass is 389 g/mol. The summed E-state index contributed by atoms with van der Waals surface area (Å²) in [7, 11) is 0. The van der Waals surface area contributed by atoms with Crippen molar-refractivity contribution in [2.75, 3.05) is 18.0 Å². The highest BCUT2D eigenvalue weighted by Gasteiger charge is 2.43. The maximum absolute atomic E-state index is 13.4. The molecule has 0 radical (unpaired) electrons. The summed E-state index contributed by atoms with van der Waals surface area (Å²) in [4.78, 5) is 29.9. The smallest absolute Gasteiger partial charge is 0.255 e. The van der Waals surface area contributed by atoms with E-state index >= 15 is 0 Å². The number of thiophene rings is 1. The van der Waals surface area contributed by atoms with E-state index in [0.29, 0.717) is 0 Å². The number of hydrogen-bond acceptors (Lipinski definition) is 5. The first-order valence-corrected chi connectivity index (χ1v) is 10.5. The zero-order valence-corrected chi connectivity index (χ0v) is 16.0. The van der Waals surface area contributed by atoms with E-state index in [-0.39, 0.29) is 18.0 Å². The second kappa shape index (κ2) is 6.04. The molecule has 2 aliphatic heterocycles. The molecule has 2 aliphatic rings. The number of rotatable bonds is 2. The van der Waals surface area contributed by atoms with Crippen LogP contribution in [0.1, 0.15) is 23.2 Å². The second-order valence-electron chi connectivity index (χ2n) is 7.59. The highest BCUT2D eigenvalue weighted by Crippen LogP contribution is 2.36. The molecule has 28 heavy (non-hydrogen) atoms. The topological polar surface area (TPSA) is 65.1 Å². The van der Waals surface area contributed by atoms with Gasteiger partial charge in [-0.05, 0) is 25.0 Å². The third kappa shape index (κ3) is 2.29. The Hall–Kier alpha value is -2.93. The van der Waals surface area contributed by atoms with Crippen molar-refractivity contribution in [3.8, 4) is 0 Å². The minimum absolute atomic E-state index is 0.180. The van der Waals surface area contributed by atoms with Crippen molar-refractivity contribution in [1.82, 2.24) is 19.9 Å². The van der Waals surface area contributed by atoms with Gasteiger partial charge in [0, 0.05) is 34.8 Å². The third-order valence-electron chi connectivity index (χ3n) is 6.06. The van der Waals surface area contributed by atoms with Crippen molar-refractivity contribution in [3.05, 3.63) is 53.8 Å². The summed E-state index contributed by atoms with van der Waals surface area (Å²) in [6.07, 6.45) is 5.62. The van der Waals surface area contributed by atoms with Crippen molar-refractivity contribution in [2.24, 2.45) is 0 Å². The second-order valence-corrected chi connectivity index (χ2v) is 8.50. The number of H-pyrrole nitrogens is 1. The summed E-state index contributed by atoms with van der Waals surface area (Å²) >= 11 is 1.65. The molecule has 5 heterocycles. The highest BCUT2D eigenvalue weighted by molar-refractivity contribution is 7.17. The number of amides is 1. The lowest BCUT2D eigenvalue weighted by molar-refractivity contribution is 0.0644. The number of piperazine rings is 1. The Kier molecular flexibility index (Phi) is 3.46. The fourth-order valence-corrected chi connectivity index (χ4v) is 5.74. The maximum Gasteiger partial charge on any atom is 0.255 e. The number of carbonyl (C=O) groups excluding carboxylic acids is 1. The molecule has 6 rings (SSSR count). The average molecular weight is 389 g/mol. The minimum Gasteiger partial charge on any atom is -0.352 e. The number of carbonyl (C=O) groups is 1. The molecule has 2 bridgehead atoms. The maximum atomic E-state index is 13.4. The molecule has 1 N–H and O–H groups in total. The molecule has 0 saturated carbocycles. The zero-order valence-electron chi connectivity index (χ0n) is 15.2. The molecule has 2 atom stereocenters. The van der Waals surface area contributed by atoms with Gasteiger partial charge in [0.1, 0.15) is 17.8 Å². The van der Waals surface area contributed by atoms with E-state index in [9.17, 15) is 4.79 Å². The largest absolute Gasteiger partial charge is 0.352 e. The zero-order chi connectivity index (χ0) is 18.7. The van der Waals surface area contributed by atoms with E-state index in [1.54, 1.807) is 17.7 Å². The molecule has 0 aliphatic carbocycles. The highest BCUT2D eigenvalue weighted by atomic mass is 32.1. The van der Waals surface area contributed by atoms with E-state index < -0.39 is 0 Å². The van der Waals surface area contributed by atoms with Crippen molar-refractivity contribution in [3.63, 3.8) is 0 Å².